The largest absolute Gasteiger partial charge is 0.494 e. The smallest absolute Gasteiger partial charge is 0.279 e. The van der Waals surface area contributed by atoms with Crippen molar-refractivity contribution >= 4 is 72.1 Å². The van der Waals surface area contributed by atoms with Crippen LogP contribution in [0, 0.1) is 0 Å². The van der Waals surface area contributed by atoms with Crippen LogP contribution in [0.3, 0.4) is 0 Å². The van der Waals surface area contributed by atoms with Gasteiger partial charge in [-0.1, -0.05) is 52.2 Å². The summed E-state index contributed by atoms with van der Waals surface area (Å²) in [5.41, 5.74) is 0.873. The number of sulfonamides is 1. The van der Waals surface area contributed by atoms with Gasteiger partial charge >= 0.3 is 0 Å². The number of para-hydroxylation sites is 1. The molecule has 0 atom stereocenters. The van der Waals surface area contributed by atoms with Gasteiger partial charge in [-0.3, -0.25) is 4.72 Å². The number of benzene rings is 3. The van der Waals surface area contributed by atoms with Crippen molar-refractivity contribution in [1.82, 2.24) is 4.98 Å². The van der Waals surface area contributed by atoms with Crippen LogP contribution in [0.15, 0.2) is 59.5 Å². The maximum Gasteiger partial charge on any atom is 0.279 e. The Morgan fingerprint density at radius 3 is 2.55 bits per heavy atom. The van der Waals surface area contributed by atoms with E-state index in [0.717, 1.165) is 4.70 Å². The summed E-state index contributed by atoms with van der Waals surface area (Å²) in [6, 6.07) is 14.2. The van der Waals surface area contributed by atoms with Gasteiger partial charge in [-0.05, 0) is 42.5 Å². The van der Waals surface area contributed by atoms with Gasteiger partial charge in [0.05, 0.1) is 22.5 Å². The number of methoxy groups -OCH3 is 1. The molecule has 0 amide bonds. The van der Waals surface area contributed by atoms with Crippen LogP contribution in [-0.4, -0.2) is 20.5 Å². The van der Waals surface area contributed by atoms with E-state index in [1.54, 1.807) is 19.2 Å². The minimum atomic E-state index is -3.98. The predicted octanol–water partition coefficient (Wildman–Crippen LogP) is 6.86. The lowest BCUT2D eigenvalue weighted by Crippen LogP contribution is -2.13. The molecule has 0 radical (unpaired) electrons. The highest BCUT2D eigenvalue weighted by Crippen LogP contribution is 2.37. The van der Waals surface area contributed by atoms with E-state index in [-0.39, 0.29) is 20.6 Å². The van der Waals surface area contributed by atoms with Gasteiger partial charge in [0, 0.05) is 16.1 Å². The van der Waals surface area contributed by atoms with Gasteiger partial charge in [0.15, 0.2) is 0 Å². The number of ether oxygens (including phenoxy) is 2. The number of nitrogens with one attached hydrogen (secondary N) is 1. The van der Waals surface area contributed by atoms with E-state index in [0.29, 0.717) is 27.2 Å². The summed E-state index contributed by atoms with van der Waals surface area (Å²) in [6.07, 6.45) is 0. The fourth-order valence-electron chi connectivity index (χ4n) is 2.80. The van der Waals surface area contributed by atoms with E-state index in [4.69, 9.17) is 44.3 Å². The molecule has 0 bridgehead atoms. The van der Waals surface area contributed by atoms with Crippen LogP contribution >= 0.6 is 46.1 Å². The standard InChI is InChI=1S/C20H13Cl3N2O4S2/c1-28-16-3-2-4-17-19(16)24-20(30-17)29-14-8-12(22)7-13(10-14)25-31(26,27)18-6-5-11(21)9-15(18)23/h2-10,25H,1H3. The molecular weight excluding hydrogens is 503 g/mol. The van der Waals surface area contributed by atoms with Crippen molar-refractivity contribution < 1.29 is 17.9 Å². The Kier molecular flexibility index (Phi) is 6.18. The first-order chi connectivity index (χ1) is 14.7. The molecule has 0 saturated heterocycles. The second-order valence-corrected chi connectivity index (χ2v) is 10.2. The van der Waals surface area contributed by atoms with Crippen molar-refractivity contribution in [2.24, 2.45) is 0 Å². The number of aromatic nitrogens is 1. The van der Waals surface area contributed by atoms with Crippen molar-refractivity contribution in [2.75, 3.05) is 11.8 Å². The molecule has 0 saturated carbocycles. The van der Waals surface area contributed by atoms with E-state index < -0.39 is 10.0 Å². The predicted molar refractivity (Wildman–Crippen MR) is 125 cm³/mol. The van der Waals surface area contributed by atoms with Gasteiger partial charge in [0.25, 0.3) is 15.2 Å². The normalized spacial score (nSPS) is 11.5. The Bertz CT molecular complexity index is 1390. The van der Waals surface area contributed by atoms with E-state index >= 15 is 0 Å². The third-order valence-electron chi connectivity index (χ3n) is 4.09. The third-order valence-corrected chi connectivity index (χ3v) is 7.31. The summed E-state index contributed by atoms with van der Waals surface area (Å²) in [5, 5.41) is 0.962. The summed E-state index contributed by atoms with van der Waals surface area (Å²) in [5.74, 6) is 0.938. The first-order valence-corrected chi connectivity index (χ1v) is 12.1. The molecule has 0 aliphatic rings. The number of rotatable bonds is 6. The molecule has 0 unspecified atom stereocenters. The number of hydrogen-bond donors (Lipinski definition) is 1. The number of hydrogen-bond acceptors (Lipinski definition) is 6. The molecule has 3 aromatic carbocycles. The second kappa shape index (κ2) is 8.72. The van der Waals surface area contributed by atoms with Crippen LogP contribution in [-0.2, 0) is 10.0 Å². The van der Waals surface area contributed by atoms with Gasteiger partial charge in [-0.2, -0.15) is 4.98 Å². The van der Waals surface area contributed by atoms with Crippen molar-refractivity contribution in [3.8, 4) is 16.7 Å². The highest BCUT2D eigenvalue weighted by molar-refractivity contribution is 7.92. The maximum atomic E-state index is 12.8. The second-order valence-electron chi connectivity index (χ2n) is 6.24. The monoisotopic (exact) mass is 514 g/mol. The lowest BCUT2D eigenvalue weighted by molar-refractivity contribution is 0.418. The van der Waals surface area contributed by atoms with Gasteiger partial charge in [-0.25, -0.2) is 8.42 Å². The molecule has 0 aliphatic heterocycles. The summed E-state index contributed by atoms with van der Waals surface area (Å²) >= 11 is 19.4. The zero-order chi connectivity index (χ0) is 22.2. The summed E-state index contributed by atoms with van der Waals surface area (Å²) in [7, 11) is -2.41. The van der Waals surface area contributed by atoms with Crippen LogP contribution in [0.5, 0.6) is 16.7 Å². The number of nitrogens with zero attached hydrogens (tertiary/aromatic N) is 1. The van der Waals surface area contributed by atoms with Crippen molar-refractivity contribution in [3.63, 3.8) is 0 Å². The molecule has 1 aromatic heterocycles. The zero-order valence-corrected chi connectivity index (χ0v) is 19.6. The molecule has 31 heavy (non-hydrogen) atoms. The van der Waals surface area contributed by atoms with Gasteiger partial charge in [0.1, 0.15) is 21.9 Å². The molecule has 1 heterocycles. The Balaban J connectivity index is 1.63. The molecule has 0 fully saturated rings. The van der Waals surface area contributed by atoms with E-state index in [1.807, 2.05) is 12.1 Å². The topological polar surface area (TPSA) is 77.5 Å². The Labute approximate surface area is 197 Å². The van der Waals surface area contributed by atoms with Gasteiger partial charge < -0.3 is 9.47 Å². The van der Waals surface area contributed by atoms with Crippen molar-refractivity contribution in [2.45, 2.75) is 4.90 Å². The van der Waals surface area contributed by atoms with Crippen LogP contribution in [0.25, 0.3) is 10.2 Å². The number of halogens is 3. The average Bonchev–Trinajstić information content (AvgIpc) is 3.09. The number of thiazole rings is 1. The maximum absolute atomic E-state index is 12.8. The zero-order valence-electron chi connectivity index (χ0n) is 15.7. The molecular formula is C20H13Cl3N2O4S2. The Morgan fingerprint density at radius 1 is 1.00 bits per heavy atom. The molecule has 4 rings (SSSR count). The van der Waals surface area contributed by atoms with E-state index in [1.165, 1.54) is 41.7 Å². The lowest BCUT2D eigenvalue weighted by Gasteiger charge is -2.11. The number of anilines is 1. The summed E-state index contributed by atoms with van der Waals surface area (Å²) in [6.45, 7) is 0. The van der Waals surface area contributed by atoms with E-state index in [2.05, 4.69) is 9.71 Å². The average molecular weight is 516 g/mol. The molecule has 11 heteroatoms. The SMILES string of the molecule is COc1cccc2sc(Oc3cc(Cl)cc(NS(=O)(=O)c4ccc(Cl)cc4Cl)c3)nc12. The van der Waals surface area contributed by atoms with Crippen LogP contribution < -0.4 is 14.2 Å². The lowest BCUT2D eigenvalue weighted by atomic mass is 10.3. The van der Waals surface area contributed by atoms with Gasteiger partial charge in [-0.15, -0.1) is 0 Å². The highest BCUT2D eigenvalue weighted by atomic mass is 35.5. The molecule has 4 aromatic rings. The number of fused-ring (bicyclic) bond motifs is 1. The van der Waals surface area contributed by atoms with Gasteiger partial charge in [0.2, 0.25) is 0 Å². The molecule has 6 nitrogen and oxygen atoms in total. The Morgan fingerprint density at radius 2 is 1.81 bits per heavy atom. The third kappa shape index (κ3) is 4.83. The van der Waals surface area contributed by atoms with Crippen LogP contribution in [0.2, 0.25) is 15.1 Å². The Hall–Kier alpha value is -2.23. The first kappa shape index (κ1) is 22.0. The minimum absolute atomic E-state index is 0.00178. The fraction of sp³-hybridized carbons (Fsp3) is 0.0500. The molecule has 1 N–H and O–H groups in total. The van der Waals surface area contributed by atoms with Crippen LogP contribution in [0.4, 0.5) is 5.69 Å². The van der Waals surface area contributed by atoms with Crippen LogP contribution in [0.1, 0.15) is 0 Å². The molecule has 160 valence electrons. The summed E-state index contributed by atoms with van der Waals surface area (Å²) in [4.78, 5) is 4.33. The quantitative estimate of drug-likeness (QED) is 0.303. The fourth-order valence-corrected chi connectivity index (χ4v) is 5.69. The first-order valence-electron chi connectivity index (χ1n) is 8.65. The molecule has 0 spiro atoms. The molecule has 0 aliphatic carbocycles. The minimum Gasteiger partial charge on any atom is -0.494 e. The summed E-state index contributed by atoms with van der Waals surface area (Å²) < 4.78 is 40.0. The van der Waals surface area contributed by atoms with Crippen molar-refractivity contribution in [3.05, 3.63) is 69.7 Å². The highest BCUT2D eigenvalue weighted by Gasteiger charge is 2.19. The van der Waals surface area contributed by atoms with Crippen molar-refractivity contribution in [1.29, 1.82) is 0 Å². The van der Waals surface area contributed by atoms with E-state index in [9.17, 15) is 8.42 Å².